The summed E-state index contributed by atoms with van der Waals surface area (Å²) >= 11 is 5.64. The Bertz CT molecular complexity index is 379. The second-order valence-corrected chi connectivity index (χ2v) is 5.03. The number of thiophene rings is 1. The Labute approximate surface area is 110 Å². The van der Waals surface area contributed by atoms with Crippen LogP contribution < -0.4 is 10.6 Å². The fourth-order valence-corrected chi connectivity index (χ4v) is 2.35. The highest BCUT2D eigenvalue weighted by molar-refractivity contribution is 7.80. The van der Waals surface area contributed by atoms with Crippen LogP contribution in [0.1, 0.15) is 24.8 Å². The lowest BCUT2D eigenvalue weighted by atomic mass is 10.2. The number of carbonyl (C=O) groups is 2. The van der Waals surface area contributed by atoms with Crippen LogP contribution in [-0.2, 0) is 9.59 Å². The summed E-state index contributed by atoms with van der Waals surface area (Å²) in [6, 6.07) is 3.26. The van der Waals surface area contributed by atoms with E-state index in [1.807, 2.05) is 24.4 Å². The lowest BCUT2D eigenvalue weighted by molar-refractivity contribution is -0.127. The number of amides is 2. The zero-order chi connectivity index (χ0) is 12.8. The predicted molar refractivity (Wildman–Crippen MR) is 72.3 cm³/mol. The Hall–Kier alpha value is -1.01. The maximum Gasteiger partial charge on any atom is 0.243 e. The van der Waals surface area contributed by atoms with E-state index in [0.717, 1.165) is 4.88 Å². The van der Waals surface area contributed by atoms with Crippen molar-refractivity contribution in [1.82, 2.24) is 10.6 Å². The molecule has 2 atom stereocenters. The summed E-state index contributed by atoms with van der Waals surface area (Å²) in [4.78, 5) is 23.8. The smallest absolute Gasteiger partial charge is 0.243 e. The third-order valence-electron chi connectivity index (χ3n) is 2.21. The molecule has 0 spiro atoms. The van der Waals surface area contributed by atoms with E-state index < -0.39 is 6.04 Å². The van der Waals surface area contributed by atoms with E-state index in [1.54, 1.807) is 11.3 Å². The van der Waals surface area contributed by atoms with Gasteiger partial charge in [-0.05, 0) is 18.4 Å². The molecule has 1 rings (SSSR count). The van der Waals surface area contributed by atoms with Crippen LogP contribution in [-0.4, -0.2) is 23.6 Å². The zero-order valence-corrected chi connectivity index (χ0v) is 11.5. The molecule has 17 heavy (non-hydrogen) atoms. The van der Waals surface area contributed by atoms with Crippen LogP contribution in [0, 0.1) is 0 Å². The minimum Gasteiger partial charge on any atom is -0.347 e. The van der Waals surface area contributed by atoms with E-state index in [1.165, 1.54) is 6.92 Å². The van der Waals surface area contributed by atoms with Crippen LogP contribution in [0.2, 0.25) is 0 Å². The van der Waals surface area contributed by atoms with E-state index in [9.17, 15) is 9.59 Å². The third kappa shape index (κ3) is 4.40. The summed E-state index contributed by atoms with van der Waals surface area (Å²) in [6.07, 6.45) is 0. The molecule has 94 valence electrons. The third-order valence-corrected chi connectivity index (χ3v) is 3.63. The van der Waals surface area contributed by atoms with Gasteiger partial charge in [0.25, 0.3) is 0 Å². The summed E-state index contributed by atoms with van der Waals surface area (Å²) in [5.74, 6) is -0.165. The van der Waals surface area contributed by atoms with Crippen LogP contribution in [0.4, 0.5) is 0 Å². The first kappa shape index (κ1) is 14.1. The van der Waals surface area contributed by atoms with Crippen molar-refractivity contribution in [2.24, 2.45) is 0 Å². The molecule has 2 unspecified atom stereocenters. The minimum atomic E-state index is -0.585. The normalized spacial score (nSPS) is 13.8. The molecule has 0 aliphatic rings. The Morgan fingerprint density at radius 2 is 2.18 bits per heavy atom. The molecule has 1 heterocycles. The Kier molecular flexibility index (Phi) is 5.50. The van der Waals surface area contributed by atoms with Crippen LogP contribution in [0.3, 0.4) is 0 Å². The fraction of sp³-hybridized carbons (Fsp3) is 0.455. The highest BCUT2D eigenvalue weighted by Gasteiger charge is 2.20. The number of hydrogen-bond acceptors (Lipinski definition) is 4. The van der Waals surface area contributed by atoms with Gasteiger partial charge in [-0.1, -0.05) is 6.07 Å². The Morgan fingerprint density at radius 3 is 2.65 bits per heavy atom. The van der Waals surface area contributed by atoms with Gasteiger partial charge in [0.1, 0.15) is 6.04 Å². The molecule has 6 heteroatoms. The maximum atomic E-state index is 11.8. The van der Waals surface area contributed by atoms with E-state index >= 15 is 0 Å². The molecule has 0 bridgehead atoms. The monoisotopic (exact) mass is 272 g/mol. The fourth-order valence-electron chi connectivity index (χ4n) is 1.36. The molecular formula is C11H16N2O2S2. The van der Waals surface area contributed by atoms with Crippen molar-refractivity contribution >= 4 is 35.8 Å². The molecule has 1 aromatic heterocycles. The molecule has 0 aliphatic heterocycles. The molecule has 1 aromatic rings. The van der Waals surface area contributed by atoms with Crippen LogP contribution in [0.25, 0.3) is 0 Å². The van der Waals surface area contributed by atoms with E-state index in [4.69, 9.17) is 0 Å². The summed E-state index contributed by atoms with van der Waals surface area (Å²) in [6.45, 7) is 3.29. The second-order valence-electron chi connectivity index (χ2n) is 3.68. The van der Waals surface area contributed by atoms with Gasteiger partial charge in [-0.2, -0.15) is 12.6 Å². The van der Waals surface area contributed by atoms with Crippen molar-refractivity contribution in [3.63, 3.8) is 0 Å². The van der Waals surface area contributed by atoms with Gasteiger partial charge in [-0.25, -0.2) is 0 Å². The quantitative estimate of drug-likeness (QED) is 0.709. The first-order chi connectivity index (χ1) is 8.04. The molecule has 2 amide bonds. The van der Waals surface area contributed by atoms with E-state index in [2.05, 4.69) is 23.3 Å². The van der Waals surface area contributed by atoms with Crippen molar-refractivity contribution < 1.29 is 9.59 Å². The summed E-state index contributed by atoms with van der Waals surface area (Å²) in [5.41, 5.74) is 0. The van der Waals surface area contributed by atoms with Crippen molar-refractivity contribution in [2.75, 3.05) is 5.75 Å². The van der Waals surface area contributed by atoms with Gasteiger partial charge in [-0.15, -0.1) is 11.3 Å². The van der Waals surface area contributed by atoms with Crippen molar-refractivity contribution in [3.8, 4) is 0 Å². The van der Waals surface area contributed by atoms with Crippen LogP contribution in [0.15, 0.2) is 17.5 Å². The first-order valence-electron chi connectivity index (χ1n) is 5.26. The summed E-state index contributed by atoms with van der Waals surface area (Å²) < 4.78 is 0. The summed E-state index contributed by atoms with van der Waals surface area (Å²) in [5, 5.41) is 7.36. The molecule has 2 N–H and O–H groups in total. The Morgan fingerprint density at radius 1 is 1.47 bits per heavy atom. The lowest BCUT2D eigenvalue weighted by Gasteiger charge is -2.18. The molecule has 0 aromatic carbocycles. The highest BCUT2D eigenvalue weighted by Crippen LogP contribution is 2.18. The Balaban J connectivity index is 2.55. The van der Waals surface area contributed by atoms with Gasteiger partial charge in [0, 0.05) is 17.6 Å². The van der Waals surface area contributed by atoms with Gasteiger partial charge >= 0.3 is 0 Å². The molecular weight excluding hydrogens is 256 g/mol. The zero-order valence-electron chi connectivity index (χ0n) is 9.77. The maximum absolute atomic E-state index is 11.8. The number of rotatable bonds is 5. The lowest BCUT2D eigenvalue weighted by Crippen LogP contribution is -2.47. The van der Waals surface area contributed by atoms with Gasteiger partial charge in [0.2, 0.25) is 11.8 Å². The molecule has 0 saturated heterocycles. The summed E-state index contributed by atoms with van der Waals surface area (Å²) in [7, 11) is 0. The average Bonchev–Trinajstić information content (AvgIpc) is 2.78. The molecule has 0 fully saturated rings. The van der Waals surface area contributed by atoms with Crippen LogP contribution in [0.5, 0.6) is 0 Å². The van der Waals surface area contributed by atoms with Crippen molar-refractivity contribution in [2.45, 2.75) is 25.9 Å². The van der Waals surface area contributed by atoms with Gasteiger partial charge in [0.05, 0.1) is 6.04 Å². The minimum absolute atomic E-state index is 0.0568. The number of hydrogen-bond donors (Lipinski definition) is 3. The highest BCUT2D eigenvalue weighted by atomic mass is 32.1. The van der Waals surface area contributed by atoms with Gasteiger partial charge in [0.15, 0.2) is 0 Å². The van der Waals surface area contributed by atoms with Gasteiger partial charge < -0.3 is 10.6 Å². The topological polar surface area (TPSA) is 58.2 Å². The van der Waals surface area contributed by atoms with Crippen molar-refractivity contribution in [3.05, 3.63) is 22.4 Å². The molecule has 0 aliphatic carbocycles. The van der Waals surface area contributed by atoms with Crippen molar-refractivity contribution in [1.29, 1.82) is 0 Å². The second kappa shape index (κ2) is 6.66. The van der Waals surface area contributed by atoms with E-state index in [-0.39, 0.29) is 23.6 Å². The number of thiol groups is 1. The average molecular weight is 272 g/mol. The first-order valence-corrected chi connectivity index (χ1v) is 6.77. The SMILES string of the molecule is CC(=O)NC(CS)C(=O)NC(C)c1cccs1. The molecule has 4 nitrogen and oxygen atoms in total. The van der Waals surface area contributed by atoms with E-state index in [0.29, 0.717) is 0 Å². The number of carbonyl (C=O) groups excluding carboxylic acids is 2. The van der Waals surface area contributed by atoms with Crippen LogP contribution >= 0.6 is 24.0 Å². The molecule has 0 radical (unpaired) electrons. The molecule has 0 saturated carbocycles. The number of nitrogens with one attached hydrogen (secondary N) is 2. The standard InChI is InChI=1S/C11H16N2O2S2/c1-7(10-4-3-5-17-10)12-11(15)9(6-16)13-8(2)14/h3-5,7,9,16H,6H2,1-2H3,(H,12,15)(H,13,14). The van der Waals surface area contributed by atoms with Gasteiger partial charge in [-0.3, -0.25) is 9.59 Å². The predicted octanol–water partition coefficient (Wildman–Crippen LogP) is 1.36. The largest absolute Gasteiger partial charge is 0.347 e.